The van der Waals surface area contributed by atoms with Crippen LogP contribution in [0.3, 0.4) is 0 Å². The molecule has 9 nitrogen and oxygen atoms in total. The van der Waals surface area contributed by atoms with Gasteiger partial charge in [-0.2, -0.15) is 5.10 Å². The molecule has 3 rings (SSSR count). The lowest BCUT2D eigenvalue weighted by Gasteiger charge is -2.07. The molecule has 0 saturated heterocycles. The number of aromatic amines is 1. The molecular formula is C13H14N6O3. The van der Waals surface area contributed by atoms with Crippen LogP contribution in [-0.4, -0.2) is 31.6 Å². The number of rotatable bonds is 5. The minimum atomic E-state index is -0.737. The summed E-state index contributed by atoms with van der Waals surface area (Å²) in [5.74, 6) is -0.845. The highest BCUT2D eigenvalue weighted by Crippen LogP contribution is 2.38. The second kappa shape index (κ2) is 5.43. The monoisotopic (exact) mass is 302 g/mol. The van der Waals surface area contributed by atoms with Crippen LogP contribution in [0.5, 0.6) is 0 Å². The van der Waals surface area contributed by atoms with Gasteiger partial charge in [-0.1, -0.05) is 0 Å². The molecule has 0 radical (unpaired) electrons. The first-order chi connectivity index (χ1) is 10.5. The molecule has 22 heavy (non-hydrogen) atoms. The van der Waals surface area contributed by atoms with Crippen molar-refractivity contribution in [2.75, 3.05) is 5.32 Å². The van der Waals surface area contributed by atoms with Crippen molar-refractivity contribution < 1.29 is 9.59 Å². The van der Waals surface area contributed by atoms with E-state index in [1.807, 2.05) is 0 Å². The van der Waals surface area contributed by atoms with E-state index in [4.69, 9.17) is 5.73 Å². The second-order valence-corrected chi connectivity index (χ2v) is 5.07. The molecule has 1 aliphatic carbocycles. The summed E-state index contributed by atoms with van der Waals surface area (Å²) < 4.78 is 1.10. The fourth-order valence-electron chi connectivity index (χ4n) is 2.06. The Hall–Kier alpha value is -2.97. The summed E-state index contributed by atoms with van der Waals surface area (Å²) in [5.41, 5.74) is 5.59. The Bertz CT molecular complexity index is 789. The van der Waals surface area contributed by atoms with Crippen LogP contribution in [0, 0.1) is 0 Å². The lowest BCUT2D eigenvalue weighted by atomic mass is 10.3. The first-order valence-corrected chi connectivity index (χ1v) is 6.75. The van der Waals surface area contributed by atoms with E-state index < -0.39 is 11.8 Å². The van der Waals surface area contributed by atoms with Gasteiger partial charge >= 0.3 is 0 Å². The van der Waals surface area contributed by atoms with Crippen molar-refractivity contribution in [1.82, 2.24) is 19.7 Å². The maximum Gasteiger partial charge on any atom is 0.269 e. The molecule has 1 aliphatic rings. The van der Waals surface area contributed by atoms with E-state index in [2.05, 4.69) is 20.4 Å². The molecule has 0 aromatic carbocycles. The van der Waals surface area contributed by atoms with Crippen LogP contribution in [0.1, 0.15) is 34.9 Å². The largest absolute Gasteiger partial charge is 0.364 e. The molecule has 2 heterocycles. The Kier molecular flexibility index (Phi) is 3.45. The molecule has 0 aliphatic heterocycles. The predicted octanol–water partition coefficient (Wildman–Crippen LogP) is -0.419. The van der Waals surface area contributed by atoms with Crippen molar-refractivity contribution >= 4 is 17.6 Å². The number of nitrogens with one attached hydrogen (secondary N) is 2. The molecule has 2 aromatic rings. The van der Waals surface area contributed by atoms with Crippen LogP contribution < -0.4 is 16.6 Å². The van der Waals surface area contributed by atoms with E-state index in [-0.39, 0.29) is 23.6 Å². The van der Waals surface area contributed by atoms with Crippen LogP contribution in [0.2, 0.25) is 0 Å². The van der Waals surface area contributed by atoms with Crippen molar-refractivity contribution in [3.05, 3.63) is 40.2 Å². The summed E-state index contributed by atoms with van der Waals surface area (Å²) in [7, 11) is 0. The van der Waals surface area contributed by atoms with Gasteiger partial charge in [-0.25, -0.2) is 9.67 Å². The van der Waals surface area contributed by atoms with Gasteiger partial charge in [0.1, 0.15) is 12.2 Å². The fourth-order valence-corrected chi connectivity index (χ4v) is 2.06. The zero-order valence-corrected chi connectivity index (χ0v) is 11.6. The lowest BCUT2D eigenvalue weighted by molar-refractivity contribution is -0.117. The van der Waals surface area contributed by atoms with Crippen LogP contribution in [-0.2, 0) is 11.3 Å². The van der Waals surface area contributed by atoms with Crippen LogP contribution in [0.4, 0.5) is 5.82 Å². The molecule has 0 spiro atoms. The molecule has 0 unspecified atom stereocenters. The second-order valence-electron chi connectivity index (χ2n) is 5.07. The van der Waals surface area contributed by atoms with E-state index in [1.54, 1.807) is 6.07 Å². The molecule has 2 amide bonds. The standard InChI is InChI=1S/C13H14N6O3/c14-12(22)11-13(16-6-15-11)17-9(20)5-19-10(21)4-3-8(18-19)7-1-2-7/h3-4,6-7H,1-2,5H2,(H2,14,22)(H,15,16)(H,17,20). The van der Waals surface area contributed by atoms with Gasteiger partial charge in [0.2, 0.25) is 5.91 Å². The summed E-state index contributed by atoms with van der Waals surface area (Å²) in [6, 6.07) is 3.09. The van der Waals surface area contributed by atoms with Gasteiger partial charge in [0, 0.05) is 12.0 Å². The number of aromatic nitrogens is 4. The smallest absolute Gasteiger partial charge is 0.269 e. The highest BCUT2D eigenvalue weighted by atomic mass is 16.2. The summed E-state index contributed by atoms with van der Waals surface area (Å²) in [6.07, 6.45) is 3.34. The van der Waals surface area contributed by atoms with E-state index in [0.717, 1.165) is 23.2 Å². The number of imidazole rings is 1. The van der Waals surface area contributed by atoms with Gasteiger partial charge in [-0.3, -0.25) is 14.4 Å². The fraction of sp³-hybridized carbons (Fsp3) is 0.308. The summed E-state index contributed by atoms with van der Waals surface area (Å²) in [6.45, 7) is -0.259. The maximum absolute atomic E-state index is 12.0. The van der Waals surface area contributed by atoms with E-state index >= 15 is 0 Å². The zero-order chi connectivity index (χ0) is 15.7. The Morgan fingerprint density at radius 2 is 2.18 bits per heavy atom. The molecule has 0 atom stereocenters. The third-order valence-electron chi connectivity index (χ3n) is 3.32. The minimum Gasteiger partial charge on any atom is -0.364 e. The number of H-pyrrole nitrogens is 1. The number of nitrogens with zero attached hydrogens (tertiary/aromatic N) is 3. The van der Waals surface area contributed by atoms with E-state index in [1.165, 1.54) is 12.4 Å². The van der Waals surface area contributed by atoms with E-state index in [0.29, 0.717) is 5.92 Å². The average molecular weight is 302 g/mol. The third-order valence-corrected chi connectivity index (χ3v) is 3.32. The Labute approximate surface area is 124 Å². The van der Waals surface area contributed by atoms with Gasteiger partial charge in [0.25, 0.3) is 11.5 Å². The van der Waals surface area contributed by atoms with Crippen molar-refractivity contribution in [2.24, 2.45) is 5.73 Å². The number of anilines is 1. The average Bonchev–Trinajstić information content (AvgIpc) is 3.21. The Balaban J connectivity index is 1.74. The lowest BCUT2D eigenvalue weighted by Crippen LogP contribution is -2.30. The topological polar surface area (TPSA) is 136 Å². The van der Waals surface area contributed by atoms with Gasteiger partial charge in [-0.05, 0) is 18.9 Å². The highest BCUT2D eigenvalue weighted by molar-refractivity contribution is 6.00. The third kappa shape index (κ3) is 2.87. The van der Waals surface area contributed by atoms with Crippen LogP contribution >= 0.6 is 0 Å². The Morgan fingerprint density at radius 1 is 1.41 bits per heavy atom. The van der Waals surface area contributed by atoms with Crippen LogP contribution in [0.25, 0.3) is 0 Å². The highest BCUT2D eigenvalue weighted by Gasteiger charge is 2.25. The number of hydrogen-bond donors (Lipinski definition) is 3. The summed E-state index contributed by atoms with van der Waals surface area (Å²) in [5, 5.41) is 6.61. The van der Waals surface area contributed by atoms with Gasteiger partial charge < -0.3 is 16.0 Å². The number of nitrogens with two attached hydrogens (primary N) is 1. The zero-order valence-electron chi connectivity index (χ0n) is 11.6. The first kappa shape index (κ1) is 14.0. The van der Waals surface area contributed by atoms with Gasteiger partial charge in [0.15, 0.2) is 5.82 Å². The van der Waals surface area contributed by atoms with E-state index in [9.17, 15) is 14.4 Å². The predicted molar refractivity (Wildman–Crippen MR) is 76.2 cm³/mol. The number of hydrogen-bond acceptors (Lipinski definition) is 5. The van der Waals surface area contributed by atoms with Crippen molar-refractivity contribution in [3.8, 4) is 0 Å². The van der Waals surface area contributed by atoms with Gasteiger partial charge in [-0.15, -0.1) is 0 Å². The summed E-state index contributed by atoms with van der Waals surface area (Å²) >= 11 is 0. The van der Waals surface area contributed by atoms with Crippen molar-refractivity contribution in [3.63, 3.8) is 0 Å². The molecular weight excluding hydrogens is 288 g/mol. The van der Waals surface area contributed by atoms with Crippen molar-refractivity contribution in [1.29, 1.82) is 0 Å². The SMILES string of the molecule is NC(=O)c1[nH]cnc1NC(=O)Cn1nc(C2CC2)ccc1=O. The molecule has 4 N–H and O–H groups in total. The van der Waals surface area contributed by atoms with Crippen LogP contribution in [0.15, 0.2) is 23.3 Å². The molecule has 1 saturated carbocycles. The quantitative estimate of drug-likeness (QED) is 0.689. The number of amides is 2. The molecule has 114 valence electrons. The molecule has 1 fully saturated rings. The summed E-state index contributed by atoms with van der Waals surface area (Å²) in [4.78, 5) is 41.2. The number of carbonyl (C=O) groups is 2. The molecule has 9 heteroatoms. The maximum atomic E-state index is 12.0. The number of primary amides is 1. The first-order valence-electron chi connectivity index (χ1n) is 6.75. The molecule has 0 bridgehead atoms. The Morgan fingerprint density at radius 3 is 2.86 bits per heavy atom. The minimum absolute atomic E-state index is 0.000359. The normalized spacial score (nSPS) is 13.8. The number of carbonyl (C=O) groups excluding carboxylic acids is 2. The van der Waals surface area contributed by atoms with Gasteiger partial charge in [0.05, 0.1) is 12.0 Å². The van der Waals surface area contributed by atoms with Crippen molar-refractivity contribution in [2.45, 2.75) is 25.3 Å². The molecule has 2 aromatic heterocycles.